The van der Waals surface area contributed by atoms with Crippen LogP contribution in [0.2, 0.25) is 19.6 Å². The maximum Gasteiger partial charge on any atom is 0.0904 e. The van der Waals surface area contributed by atoms with Crippen LogP contribution >= 0.6 is 11.3 Å². The first-order valence-corrected chi connectivity index (χ1v) is 23.6. The minimum Gasteiger partial charge on any atom is -0.145 e. The van der Waals surface area contributed by atoms with E-state index in [1.54, 1.807) is 15.6 Å². The van der Waals surface area contributed by atoms with Gasteiger partial charge in [0.1, 0.15) is 0 Å². The summed E-state index contributed by atoms with van der Waals surface area (Å²) >= 11 is 2.04. The molecule has 0 aliphatic rings. The molecule has 2 heteroatoms. The normalized spacial score (nSPS) is 12.3. The van der Waals surface area contributed by atoms with Gasteiger partial charge in [-0.1, -0.05) is 167 Å². The van der Waals surface area contributed by atoms with Crippen molar-refractivity contribution in [2.75, 3.05) is 0 Å². The van der Waals surface area contributed by atoms with Gasteiger partial charge in [-0.3, -0.25) is 0 Å². The minimum absolute atomic E-state index is 1.24. The number of benzene rings is 3. The smallest absolute Gasteiger partial charge is 0.0904 e. The molecular weight excluding hydrogens is 577 g/mol. The molecule has 0 fully saturated rings. The standard InChI is InChI=1S/C43H66SSi/c1-6-8-10-12-14-16-18-20-22-24-26-35-28-29-36-33-40-37(30-31-42-41(40)34-43(44-42)45(3,4)5)32-39(36)38(35)27-25-23-21-19-17-15-13-11-9-7-2/h28-34H,6-27H2,1-5H3. The zero-order chi connectivity index (χ0) is 31.9. The Balaban J connectivity index is 1.43. The van der Waals surface area contributed by atoms with Gasteiger partial charge in [0.2, 0.25) is 0 Å². The van der Waals surface area contributed by atoms with Crippen molar-refractivity contribution >= 4 is 55.5 Å². The number of unbranched alkanes of at least 4 members (excludes halogenated alkanes) is 18. The Morgan fingerprint density at radius 2 is 0.933 bits per heavy atom. The Morgan fingerprint density at radius 3 is 1.49 bits per heavy atom. The summed E-state index contributed by atoms with van der Waals surface area (Å²) in [5, 5.41) is 7.33. The van der Waals surface area contributed by atoms with Crippen molar-refractivity contribution in [3.8, 4) is 0 Å². The molecule has 1 heterocycles. The highest BCUT2D eigenvalue weighted by molar-refractivity contribution is 7.31. The van der Waals surface area contributed by atoms with Gasteiger partial charge in [0, 0.05) is 10.1 Å². The van der Waals surface area contributed by atoms with E-state index in [0.29, 0.717) is 0 Å². The van der Waals surface area contributed by atoms with Gasteiger partial charge in [-0.05, 0) is 87.1 Å². The van der Waals surface area contributed by atoms with Gasteiger partial charge in [0.15, 0.2) is 0 Å². The number of rotatable bonds is 23. The molecule has 0 saturated heterocycles. The molecule has 0 unspecified atom stereocenters. The zero-order valence-electron chi connectivity index (χ0n) is 30.0. The third-order valence-corrected chi connectivity index (χ3v) is 14.9. The molecule has 45 heavy (non-hydrogen) atoms. The summed E-state index contributed by atoms with van der Waals surface area (Å²) in [7, 11) is -1.32. The van der Waals surface area contributed by atoms with Crippen LogP contribution < -0.4 is 4.50 Å². The third kappa shape index (κ3) is 11.2. The summed E-state index contributed by atoms with van der Waals surface area (Å²) in [5.74, 6) is 0. The third-order valence-electron chi connectivity index (χ3n) is 10.2. The molecule has 0 radical (unpaired) electrons. The van der Waals surface area contributed by atoms with Crippen molar-refractivity contribution < 1.29 is 0 Å². The van der Waals surface area contributed by atoms with E-state index >= 15 is 0 Å². The summed E-state index contributed by atoms with van der Waals surface area (Å²) in [5.41, 5.74) is 3.30. The summed E-state index contributed by atoms with van der Waals surface area (Å²) in [6.07, 6.45) is 30.7. The molecule has 0 bridgehead atoms. The first-order chi connectivity index (χ1) is 21.9. The highest BCUT2D eigenvalue weighted by Crippen LogP contribution is 2.35. The van der Waals surface area contributed by atoms with E-state index in [2.05, 4.69) is 76.0 Å². The van der Waals surface area contributed by atoms with E-state index in [9.17, 15) is 0 Å². The fourth-order valence-electron chi connectivity index (χ4n) is 7.26. The second kappa shape index (κ2) is 19.2. The molecule has 4 rings (SSSR count). The lowest BCUT2D eigenvalue weighted by atomic mass is 9.90. The van der Waals surface area contributed by atoms with Gasteiger partial charge < -0.3 is 0 Å². The lowest BCUT2D eigenvalue weighted by Crippen LogP contribution is -2.34. The number of thiophene rings is 1. The highest BCUT2D eigenvalue weighted by atomic mass is 32.1. The zero-order valence-corrected chi connectivity index (χ0v) is 31.8. The van der Waals surface area contributed by atoms with Crippen LogP contribution in [0, 0.1) is 0 Å². The first-order valence-electron chi connectivity index (χ1n) is 19.3. The molecule has 0 amide bonds. The van der Waals surface area contributed by atoms with Gasteiger partial charge in [0.25, 0.3) is 0 Å². The maximum absolute atomic E-state index is 2.56. The lowest BCUT2D eigenvalue weighted by molar-refractivity contribution is 0.553. The van der Waals surface area contributed by atoms with Crippen LogP contribution in [-0.2, 0) is 12.8 Å². The molecule has 0 atom stereocenters. The molecule has 0 saturated carbocycles. The summed E-state index contributed by atoms with van der Waals surface area (Å²) in [6.45, 7) is 12.1. The first kappa shape index (κ1) is 36.2. The summed E-state index contributed by atoms with van der Waals surface area (Å²) in [6, 6.07) is 17.4. The van der Waals surface area contributed by atoms with E-state index < -0.39 is 8.07 Å². The second-order valence-electron chi connectivity index (χ2n) is 15.2. The SMILES string of the molecule is CCCCCCCCCCCCc1ccc2cc3c(ccc4sc([Si](C)(C)C)cc43)cc2c1CCCCCCCCCCCC. The molecule has 4 aromatic rings. The highest BCUT2D eigenvalue weighted by Gasteiger charge is 2.20. The Kier molecular flexibility index (Phi) is 15.5. The van der Waals surface area contributed by atoms with Crippen molar-refractivity contribution in [2.24, 2.45) is 0 Å². The van der Waals surface area contributed by atoms with Gasteiger partial charge in [-0.25, -0.2) is 0 Å². The maximum atomic E-state index is 2.56. The van der Waals surface area contributed by atoms with Gasteiger partial charge >= 0.3 is 0 Å². The van der Waals surface area contributed by atoms with Crippen molar-refractivity contribution in [2.45, 2.75) is 175 Å². The Morgan fingerprint density at radius 1 is 0.467 bits per heavy atom. The van der Waals surface area contributed by atoms with E-state index in [1.807, 2.05) is 11.3 Å². The van der Waals surface area contributed by atoms with Gasteiger partial charge in [-0.15, -0.1) is 11.3 Å². The minimum atomic E-state index is -1.32. The van der Waals surface area contributed by atoms with Crippen molar-refractivity contribution in [1.29, 1.82) is 0 Å². The molecule has 0 aliphatic heterocycles. The average molecular weight is 643 g/mol. The molecule has 0 N–H and O–H groups in total. The van der Waals surface area contributed by atoms with Crippen LogP contribution in [0.3, 0.4) is 0 Å². The van der Waals surface area contributed by atoms with Crippen molar-refractivity contribution in [3.63, 3.8) is 0 Å². The fourth-order valence-corrected chi connectivity index (χ4v) is 10.2. The Labute approximate surface area is 282 Å². The lowest BCUT2D eigenvalue weighted by Gasteiger charge is -2.15. The van der Waals surface area contributed by atoms with Crippen molar-refractivity contribution in [3.05, 3.63) is 53.6 Å². The summed E-state index contributed by atoms with van der Waals surface area (Å²) < 4.78 is 3.08. The van der Waals surface area contributed by atoms with Gasteiger partial charge in [0.05, 0.1) is 8.07 Å². The second-order valence-corrected chi connectivity index (χ2v) is 21.7. The van der Waals surface area contributed by atoms with Gasteiger partial charge in [-0.2, -0.15) is 0 Å². The van der Waals surface area contributed by atoms with E-state index in [-0.39, 0.29) is 0 Å². The van der Waals surface area contributed by atoms with Crippen LogP contribution in [0.15, 0.2) is 42.5 Å². The van der Waals surface area contributed by atoms with Crippen LogP contribution in [0.1, 0.15) is 153 Å². The molecule has 0 aliphatic carbocycles. The average Bonchev–Trinajstić information content (AvgIpc) is 3.48. The predicted molar refractivity (Wildman–Crippen MR) is 211 cm³/mol. The van der Waals surface area contributed by atoms with Crippen LogP contribution in [0.4, 0.5) is 0 Å². The quantitative estimate of drug-likeness (QED) is 0.0429. The number of hydrogen-bond acceptors (Lipinski definition) is 1. The van der Waals surface area contributed by atoms with Crippen LogP contribution in [-0.4, -0.2) is 8.07 Å². The van der Waals surface area contributed by atoms with Crippen LogP contribution in [0.5, 0.6) is 0 Å². The van der Waals surface area contributed by atoms with E-state index in [0.717, 1.165) is 0 Å². The monoisotopic (exact) mass is 642 g/mol. The topological polar surface area (TPSA) is 0 Å². The number of aryl methyl sites for hydroxylation is 2. The molecule has 248 valence electrons. The Bertz CT molecular complexity index is 1420. The number of fused-ring (bicyclic) bond motifs is 4. The molecule has 0 spiro atoms. The van der Waals surface area contributed by atoms with E-state index in [1.165, 1.54) is 173 Å². The molecule has 3 aromatic carbocycles. The van der Waals surface area contributed by atoms with E-state index in [4.69, 9.17) is 0 Å². The Hall–Kier alpha value is -1.64. The number of hydrogen-bond donors (Lipinski definition) is 0. The van der Waals surface area contributed by atoms with Crippen LogP contribution in [0.25, 0.3) is 31.6 Å². The largest absolute Gasteiger partial charge is 0.145 e. The summed E-state index contributed by atoms with van der Waals surface area (Å²) in [4.78, 5) is 0. The fraction of sp³-hybridized carbons (Fsp3) is 0.628. The molecule has 0 nitrogen and oxygen atoms in total. The van der Waals surface area contributed by atoms with Crippen molar-refractivity contribution in [1.82, 2.24) is 0 Å². The molecule has 1 aromatic heterocycles. The molecular formula is C43H66SSi. The predicted octanol–water partition coefficient (Wildman–Crippen LogP) is 14.7.